The van der Waals surface area contributed by atoms with Gasteiger partial charge in [0.05, 0.1) is 23.5 Å². The molecule has 11 heteroatoms. The van der Waals surface area contributed by atoms with Crippen LogP contribution in [-0.2, 0) is 33.9 Å². The number of aryl methyl sites for hydroxylation is 1. The Morgan fingerprint density at radius 3 is 2.25 bits per heavy atom. The van der Waals surface area contributed by atoms with Crippen LogP contribution in [-0.4, -0.2) is 54.6 Å². The molecule has 0 saturated carbocycles. The number of carbonyl (C=O) groups excluding carboxylic acids is 1. The minimum Gasteiger partial charge on any atom is -0.468 e. The first-order valence-electron chi connectivity index (χ1n) is 11.2. The molecule has 0 aliphatic carbocycles. The van der Waals surface area contributed by atoms with Crippen molar-refractivity contribution in [2.75, 3.05) is 25.7 Å². The molecule has 1 atom stereocenters. The monoisotopic (exact) mass is 553 g/mol. The van der Waals surface area contributed by atoms with Gasteiger partial charge in [-0.15, -0.1) is 0 Å². The van der Waals surface area contributed by atoms with E-state index >= 15 is 0 Å². The normalized spacial score (nSPS) is 12.4. The average Bonchev–Trinajstić information content (AvgIpc) is 2.86. The highest BCUT2D eigenvalue weighted by Crippen LogP contribution is 2.15. The maximum Gasteiger partial charge on any atom is 0.323 e. The first kappa shape index (κ1) is 29.9. The Morgan fingerprint density at radius 2 is 1.64 bits per heavy atom. The Bertz CT molecular complexity index is 1260. The molecule has 8 nitrogen and oxygen atoms in total. The van der Waals surface area contributed by atoms with Crippen molar-refractivity contribution in [2.24, 2.45) is 0 Å². The predicted octanol–water partition coefficient (Wildman–Crippen LogP) is 3.50. The number of benzene rings is 2. The standard InChI is InChI=1S/C25H31NO7S3/c1-20-9-13-23(14-10-20)36(30,31)33-18-7-5-4-6-8-21-11-15-22(16-12-21)35(28,29)26-24(17-19-34-3)25(27)32-2/h9-16,24,26H,4-5,7,17-19H2,1-3H3/t24-/m1/s1. The fourth-order valence-electron chi connectivity index (χ4n) is 3.00. The third-order valence-corrected chi connectivity index (χ3v) is 8.49. The van der Waals surface area contributed by atoms with Crippen molar-refractivity contribution in [1.82, 2.24) is 4.72 Å². The molecular weight excluding hydrogens is 522 g/mol. The maximum atomic E-state index is 12.7. The number of hydrogen-bond donors (Lipinski definition) is 1. The maximum absolute atomic E-state index is 12.7. The van der Waals surface area contributed by atoms with Crippen LogP contribution in [0.15, 0.2) is 58.3 Å². The van der Waals surface area contributed by atoms with Crippen LogP contribution in [0.5, 0.6) is 0 Å². The van der Waals surface area contributed by atoms with Gasteiger partial charge in [0.25, 0.3) is 10.1 Å². The highest BCUT2D eigenvalue weighted by atomic mass is 32.2. The van der Waals surface area contributed by atoms with Crippen LogP contribution in [0, 0.1) is 18.8 Å². The summed E-state index contributed by atoms with van der Waals surface area (Å²) in [4.78, 5) is 12.1. The van der Waals surface area contributed by atoms with Gasteiger partial charge in [-0.25, -0.2) is 8.42 Å². The third-order valence-electron chi connectivity index (χ3n) is 5.04. The lowest BCUT2D eigenvalue weighted by atomic mass is 10.2. The molecule has 0 aliphatic heterocycles. The van der Waals surface area contributed by atoms with E-state index < -0.39 is 32.2 Å². The lowest BCUT2D eigenvalue weighted by molar-refractivity contribution is -0.142. The van der Waals surface area contributed by atoms with Crippen LogP contribution in [0.1, 0.15) is 36.8 Å². The number of nitrogens with one attached hydrogen (secondary N) is 1. The summed E-state index contributed by atoms with van der Waals surface area (Å²) in [5, 5.41) is 0. The lowest BCUT2D eigenvalue weighted by Crippen LogP contribution is -2.41. The minimum absolute atomic E-state index is 0.0260. The first-order valence-corrected chi connectivity index (χ1v) is 15.5. The Balaban J connectivity index is 1.83. The summed E-state index contributed by atoms with van der Waals surface area (Å²) >= 11 is 1.50. The van der Waals surface area contributed by atoms with Crippen LogP contribution in [0.4, 0.5) is 0 Å². The van der Waals surface area contributed by atoms with Crippen molar-refractivity contribution >= 4 is 37.9 Å². The zero-order chi connectivity index (χ0) is 26.6. The van der Waals surface area contributed by atoms with Gasteiger partial charge in [-0.05, 0) is 74.6 Å². The van der Waals surface area contributed by atoms with Crippen LogP contribution >= 0.6 is 11.8 Å². The van der Waals surface area contributed by atoms with E-state index in [9.17, 15) is 21.6 Å². The summed E-state index contributed by atoms with van der Waals surface area (Å²) in [6.07, 6.45) is 3.90. The van der Waals surface area contributed by atoms with Gasteiger partial charge in [-0.1, -0.05) is 29.5 Å². The van der Waals surface area contributed by atoms with Crippen molar-refractivity contribution in [3.8, 4) is 11.8 Å². The van der Waals surface area contributed by atoms with Gasteiger partial charge in [0.2, 0.25) is 10.0 Å². The molecule has 0 unspecified atom stereocenters. The first-order chi connectivity index (χ1) is 17.1. The number of sulfonamides is 1. The Hall–Kier alpha value is -2.36. The number of hydrogen-bond acceptors (Lipinski definition) is 8. The van der Waals surface area contributed by atoms with E-state index in [1.807, 2.05) is 13.2 Å². The summed E-state index contributed by atoms with van der Waals surface area (Å²) in [5.74, 6) is 5.92. The van der Waals surface area contributed by atoms with E-state index in [1.165, 1.54) is 43.1 Å². The number of esters is 1. The molecule has 0 saturated heterocycles. The van der Waals surface area contributed by atoms with Gasteiger partial charge >= 0.3 is 5.97 Å². The number of thioether (sulfide) groups is 1. The fraction of sp³-hybridized carbons (Fsp3) is 0.400. The van der Waals surface area contributed by atoms with Crippen LogP contribution in [0.2, 0.25) is 0 Å². The Labute approximate surface area is 218 Å². The summed E-state index contributed by atoms with van der Waals surface area (Å²) in [7, 11) is -6.45. The zero-order valence-electron chi connectivity index (χ0n) is 20.5. The minimum atomic E-state index is -3.90. The molecule has 36 heavy (non-hydrogen) atoms. The van der Waals surface area contributed by atoms with Crippen LogP contribution in [0.25, 0.3) is 0 Å². The number of carbonyl (C=O) groups is 1. The SMILES string of the molecule is COC(=O)[C@@H](CCSC)NS(=O)(=O)c1ccc(C#CCCCCOS(=O)(=O)c2ccc(C)cc2)cc1. The molecule has 0 heterocycles. The average molecular weight is 554 g/mol. The van der Waals surface area contributed by atoms with Gasteiger partial charge in [-0.3, -0.25) is 8.98 Å². The summed E-state index contributed by atoms with van der Waals surface area (Å²) in [6, 6.07) is 11.6. The summed E-state index contributed by atoms with van der Waals surface area (Å²) in [5.41, 5.74) is 1.60. The van der Waals surface area contributed by atoms with Crippen molar-refractivity contribution in [3.05, 3.63) is 59.7 Å². The van der Waals surface area contributed by atoms with E-state index in [-0.39, 0.29) is 16.4 Å². The largest absolute Gasteiger partial charge is 0.468 e. The van der Waals surface area contributed by atoms with Gasteiger partial charge in [0.15, 0.2) is 0 Å². The predicted molar refractivity (Wildman–Crippen MR) is 141 cm³/mol. The smallest absolute Gasteiger partial charge is 0.323 e. The van der Waals surface area contributed by atoms with Gasteiger partial charge < -0.3 is 4.74 Å². The fourth-order valence-corrected chi connectivity index (χ4v) is 5.63. The summed E-state index contributed by atoms with van der Waals surface area (Å²) < 4.78 is 61.8. The topological polar surface area (TPSA) is 116 Å². The highest BCUT2D eigenvalue weighted by Gasteiger charge is 2.26. The molecule has 0 amide bonds. The molecule has 2 aromatic carbocycles. The number of rotatable bonds is 13. The number of unbranched alkanes of at least 4 members (excludes halogenated alkanes) is 2. The van der Waals surface area contributed by atoms with Gasteiger partial charge in [-0.2, -0.15) is 24.9 Å². The van der Waals surface area contributed by atoms with Crippen molar-refractivity contribution < 1.29 is 30.6 Å². The highest BCUT2D eigenvalue weighted by molar-refractivity contribution is 7.98. The Morgan fingerprint density at radius 1 is 1.00 bits per heavy atom. The second-order valence-electron chi connectivity index (χ2n) is 7.85. The molecule has 0 aliphatic rings. The number of ether oxygens (including phenoxy) is 1. The molecule has 1 N–H and O–H groups in total. The second-order valence-corrected chi connectivity index (χ2v) is 12.2. The van der Waals surface area contributed by atoms with Crippen molar-refractivity contribution in [3.63, 3.8) is 0 Å². The Kier molecular flexibility index (Phi) is 11.9. The van der Waals surface area contributed by atoms with E-state index in [2.05, 4.69) is 16.6 Å². The van der Waals surface area contributed by atoms with E-state index in [0.717, 1.165) is 5.56 Å². The van der Waals surface area contributed by atoms with E-state index in [1.54, 1.807) is 24.3 Å². The molecular formula is C25H31NO7S3. The van der Waals surface area contributed by atoms with E-state index in [0.29, 0.717) is 37.0 Å². The molecule has 0 aromatic heterocycles. The molecule has 0 radical (unpaired) electrons. The molecule has 196 valence electrons. The molecule has 2 aromatic rings. The van der Waals surface area contributed by atoms with Crippen molar-refractivity contribution in [1.29, 1.82) is 0 Å². The lowest BCUT2D eigenvalue weighted by Gasteiger charge is -2.16. The third kappa shape index (κ3) is 9.59. The van der Waals surface area contributed by atoms with Crippen molar-refractivity contribution in [2.45, 2.75) is 48.4 Å². The van der Waals surface area contributed by atoms with E-state index in [4.69, 9.17) is 8.92 Å². The summed E-state index contributed by atoms with van der Waals surface area (Å²) in [6.45, 7) is 1.95. The van der Waals surface area contributed by atoms with Gasteiger partial charge in [0, 0.05) is 12.0 Å². The molecule has 0 fully saturated rings. The zero-order valence-corrected chi connectivity index (χ0v) is 23.0. The number of methoxy groups -OCH3 is 1. The van der Waals surface area contributed by atoms with Gasteiger partial charge in [0.1, 0.15) is 6.04 Å². The van der Waals surface area contributed by atoms with Crippen LogP contribution < -0.4 is 4.72 Å². The molecule has 0 bridgehead atoms. The molecule has 0 spiro atoms. The van der Waals surface area contributed by atoms with Crippen LogP contribution in [0.3, 0.4) is 0 Å². The quantitative estimate of drug-likeness (QED) is 0.173. The molecule has 2 rings (SSSR count). The second kappa shape index (κ2) is 14.4.